The molecule has 102 valence electrons. The average molecular weight is 254 g/mol. The molecule has 0 saturated carbocycles. The molecular weight excluding hydrogens is 232 g/mol. The standard InChI is InChI=1S/C13H22N2O3/c1-4-13(11(16)17)7-5-9-15(13)12(18)14-8-6-10(2)3/h6H,4-5,7-9H2,1-3H3,(H,14,18)(H,16,17). The van der Waals surface area contributed by atoms with E-state index in [4.69, 9.17) is 0 Å². The number of rotatable bonds is 4. The first-order valence-electron chi connectivity index (χ1n) is 6.36. The molecule has 0 spiro atoms. The summed E-state index contributed by atoms with van der Waals surface area (Å²) in [5, 5.41) is 12.1. The van der Waals surface area contributed by atoms with Gasteiger partial charge in [-0.05, 0) is 33.1 Å². The lowest BCUT2D eigenvalue weighted by Crippen LogP contribution is -2.55. The molecule has 1 rings (SSSR count). The molecule has 0 aliphatic carbocycles. The molecule has 0 bridgehead atoms. The van der Waals surface area contributed by atoms with Crippen molar-refractivity contribution in [2.24, 2.45) is 0 Å². The molecule has 1 aliphatic heterocycles. The molecule has 0 aromatic carbocycles. The number of carboxylic acid groups (broad SMARTS) is 1. The molecule has 1 saturated heterocycles. The van der Waals surface area contributed by atoms with Crippen LogP contribution in [0.25, 0.3) is 0 Å². The zero-order valence-corrected chi connectivity index (χ0v) is 11.3. The second kappa shape index (κ2) is 5.89. The smallest absolute Gasteiger partial charge is 0.329 e. The molecule has 0 aromatic rings. The molecule has 18 heavy (non-hydrogen) atoms. The number of carbonyl (C=O) groups is 2. The Balaban J connectivity index is 2.72. The van der Waals surface area contributed by atoms with Crippen LogP contribution < -0.4 is 5.32 Å². The van der Waals surface area contributed by atoms with Crippen LogP contribution in [-0.4, -0.2) is 40.6 Å². The number of hydrogen-bond donors (Lipinski definition) is 2. The van der Waals surface area contributed by atoms with Gasteiger partial charge < -0.3 is 15.3 Å². The van der Waals surface area contributed by atoms with Crippen molar-refractivity contribution in [3.05, 3.63) is 11.6 Å². The number of aliphatic carboxylic acids is 1. The minimum absolute atomic E-state index is 0.283. The van der Waals surface area contributed by atoms with E-state index in [0.717, 1.165) is 12.0 Å². The van der Waals surface area contributed by atoms with Gasteiger partial charge in [0.05, 0.1) is 0 Å². The molecule has 0 radical (unpaired) electrons. The summed E-state index contributed by atoms with van der Waals surface area (Å²) < 4.78 is 0. The highest BCUT2D eigenvalue weighted by Crippen LogP contribution is 2.32. The van der Waals surface area contributed by atoms with E-state index in [2.05, 4.69) is 5.32 Å². The molecule has 5 nitrogen and oxygen atoms in total. The highest BCUT2D eigenvalue weighted by molar-refractivity contribution is 5.87. The number of likely N-dealkylation sites (tertiary alicyclic amines) is 1. The first kappa shape index (κ1) is 14.5. The first-order chi connectivity index (χ1) is 8.44. The Morgan fingerprint density at radius 3 is 2.61 bits per heavy atom. The van der Waals surface area contributed by atoms with Gasteiger partial charge >= 0.3 is 12.0 Å². The molecule has 2 amide bonds. The van der Waals surface area contributed by atoms with Crippen LogP contribution in [0.5, 0.6) is 0 Å². The molecule has 0 aromatic heterocycles. The van der Waals surface area contributed by atoms with Crippen molar-refractivity contribution in [3.63, 3.8) is 0 Å². The third-order valence-corrected chi connectivity index (χ3v) is 3.48. The number of urea groups is 1. The SMILES string of the molecule is CCC1(C(=O)O)CCCN1C(=O)NCC=C(C)C. The molecule has 1 fully saturated rings. The minimum atomic E-state index is -1.02. The normalized spacial score (nSPS) is 22.7. The Morgan fingerprint density at radius 1 is 1.44 bits per heavy atom. The van der Waals surface area contributed by atoms with Crippen LogP contribution in [0.1, 0.15) is 40.0 Å². The summed E-state index contributed by atoms with van der Waals surface area (Å²) in [5.74, 6) is -0.903. The molecule has 1 atom stereocenters. The predicted octanol–water partition coefficient (Wildman–Crippen LogP) is 1.99. The maximum Gasteiger partial charge on any atom is 0.329 e. The van der Waals surface area contributed by atoms with Crippen LogP contribution in [0, 0.1) is 0 Å². The third-order valence-electron chi connectivity index (χ3n) is 3.48. The van der Waals surface area contributed by atoms with Gasteiger partial charge in [-0.15, -0.1) is 0 Å². The van der Waals surface area contributed by atoms with E-state index in [-0.39, 0.29) is 6.03 Å². The number of hydrogen-bond acceptors (Lipinski definition) is 2. The highest BCUT2D eigenvalue weighted by atomic mass is 16.4. The van der Waals surface area contributed by atoms with E-state index < -0.39 is 11.5 Å². The van der Waals surface area contributed by atoms with Gasteiger partial charge in [-0.3, -0.25) is 0 Å². The van der Waals surface area contributed by atoms with E-state index >= 15 is 0 Å². The fraction of sp³-hybridized carbons (Fsp3) is 0.692. The monoisotopic (exact) mass is 254 g/mol. The Kier molecular flexibility index (Phi) is 4.76. The Hall–Kier alpha value is -1.52. The van der Waals surface area contributed by atoms with Crippen molar-refractivity contribution in [3.8, 4) is 0 Å². The lowest BCUT2D eigenvalue weighted by molar-refractivity contribution is -0.148. The topological polar surface area (TPSA) is 69.6 Å². The summed E-state index contributed by atoms with van der Waals surface area (Å²) in [6.45, 7) is 6.68. The van der Waals surface area contributed by atoms with Gasteiger partial charge in [0, 0.05) is 13.1 Å². The summed E-state index contributed by atoms with van der Waals surface area (Å²) in [5.41, 5.74) is 0.103. The van der Waals surface area contributed by atoms with Crippen molar-refractivity contribution >= 4 is 12.0 Å². The predicted molar refractivity (Wildman–Crippen MR) is 69.4 cm³/mol. The number of nitrogens with zero attached hydrogens (tertiary/aromatic N) is 1. The number of allylic oxidation sites excluding steroid dienone is 1. The van der Waals surface area contributed by atoms with Gasteiger partial charge in [-0.1, -0.05) is 18.6 Å². The third kappa shape index (κ3) is 2.83. The molecule has 1 unspecified atom stereocenters. The van der Waals surface area contributed by atoms with E-state index in [1.165, 1.54) is 4.90 Å². The zero-order chi connectivity index (χ0) is 13.8. The minimum Gasteiger partial charge on any atom is -0.479 e. The van der Waals surface area contributed by atoms with Crippen LogP contribution in [-0.2, 0) is 4.79 Å². The average Bonchev–Trinajstić information content (AvgIpc) is 2.73. The molecule has 1 aliphatic rings. The summed E-state index contributed by atoms with van der Waals surface area (Å²) in [7, 11) is 0. The zero-order valence-electron chi connectivity index (χ0n) is 11.3. The maximum atomic E-state index is 12.0. The van der Waals surface area contributed by atoms with Crippen LogP contribution in [0.15, 0.2) is 11.6 Å². The van der Waals surface area contributed by atoms with Crippen LogP contribution in [0.4, 0.5) is 4.79 Å². The van der Waals surface area contributed by atoms with Crippen molar-refractivity contribution in [2.75, 3.05) is 13.1 Å². The van der Waals surface area contributed by atoms with Crippen molar-refractivity contribution in [2.45, 2.75) is 45.6 Å². The summed E-state index contributed by atoms with van der Waals surface area (Å²) in [6, 6.07) is -0.283. The lowest BCUT2D eigenvalue weighted by atomic mass is 9.93. The van der Waals surface area contributed by atoms with Crippen molar-refractivity contribution < 1.29 is 14.7 Å². The number of amides is 2. The van der Waals surface area contributed by atoms with E-state index in [1.54, 1.807) is 0 Å². The van der Waals surface area contributed by atoms with Gasteiger partial charge in [-0.25, -0.2) is 9.59 Å². The summed E-state index contributed by atoms with van der Waals surface area (Å²) in [6.07, 6.45) is 3.63. The number of carbonyl (C=O) groups excluding carboxylic acids is 1. The Bertz CT molecular complexity index is 361. The second-order valence-electron chi connectivity index (χ2n) is 4.91. The van der Waals surface area contributed by atoms with E-state index in [0.29, 0.717) is 25.9 Å². The van der Waals surface area contributed by atoms with Crippen molar-refractivity contribution in [1.82, 2.24) is 10.2 Å². The van der Waals surface area contributed by atoms with Crippen molar-refractivity contribution in [1.29, 1.82) is 0 Å². The fourth-order valence-corrected chi connectivity index (χ4v) is 2.35. The summed E-state index contributed by atoms with van der Waals surface area (Å²) >= 11 is 0. The molecular formula is C13H22N2O3. The maximum absolute atomic E-state index is 12.0. The van der Waals surface area contributed by atoms with Gasteiger partial charge in [-0.2, -0.15) is 0 Å². The molecule has 2 N–H and O–H groups in total. The lowest BCUT2D eigenvalue weighted by Gasteiger charge is -2.33. The van der Waals surface area contributed by atoms with E-state index in [1.807, 2.05) is 26.8 Å². The highest BCUT2D eigenvalue weighted by Gasteiger charge is 2.48. The molecule has 1 heterocycles. The number of carboxylic acids is 1. The van der Waals surface area contributed by atoms with Crippen LogP contribution >= 0.6 is 0 Å². The largest absolute Gasteiger partial charge is 0.479 e. The summed E-state index contributed by atoms with van der Waals surface area (Å²) in [4.78, 5) is 24.9. The molecule has 5 heteroatoms. The Morgan fingerprint density at radius 2 is 2.11 bits per heavy atom. The number of nitrogens with one attached hydrogen (secondary N) is 1. The van der Waals surface area contributed by atoms with Crippen LogP contribution in [0.3, 0.4) is 0 Å². The first-order valence-corrected chi connectivity index (χ1v) is 6.36. The van der Waals surface area contributed by atoms with Gasteiger partial charge in [0.1, 0.15) is 5.54 Å². The second-order valence-corrected chi connectivity index (χ2v) is 4.91. The van der Waals surface area contributed by atoms with Gasteiger partial charge in [0.2, 0.25) is 0 Å². The van der Waals surface area contributed by atoms with Crippen LogP contribution in [0.2, 0.25) is 0 Å². The quantitative estimate of drug-likeness (QED) is 0.754. The Labute approximate surface area is 108 Å². The van der Waals surface area contributed by atoms with E-state index in [9.17, 15) is 14.7 Å². The van der Waals surface area contributed by atoms with Gasteiger partial charge in [0.25, 0.3) is 0 Å². The fourth-order valence-electron chi connectivity index (χ4n) is 2.35. The van der Waals surface area contributed by atoms with Gasteiger partial charge in [0.15, 0.2) is 0 Å².